The lowest BCUT2D eigenvalue weighted by atomic mass is 10.1. The second-order valence-corrected chi connectivity index (χ2v) is 3.72. The Bertz CT molecular complexity index is 575. The highest BCUT2D eigenvalue weighted by molar-refractivity contribution is 6.06. The summed E-state index contributed by atoms with van der Waals surface area (Å²) in [5.41, 5.74) is 1.75. The number of para-hydroxylation sites is 1. The van der Waals surface area contributed by atoms with Gasteiger partial charge in [0.25, 0.3) is 0 Å². The number of carbonyl (C=O) groups is 1. The van der Waals surface area contributed by atoms with Gasteiger partial charge in [0, 0.05) is 29.2 Å². The summed E-state index contributed by atoms with van der Waals surface area (Å²) in [6.07, 6.45) is 2.29. The molecule has 0 fully saturated rings. The molecule has 0 bridgehead atoms. The lowest BCUT2D eigenvalue weighted by molar-refractivity contribution is 0.101. The van der Waals surface area contributed by atoms with Crippen LogP contribution in [0.25, 0.3) is 10.9 Å². The number of aryl methyl sites for hydroxylation is 1. The van der Waals surface area contributed by atoms with Crippen molar-refractivity contribution in [1.82, 2.24) is 4.57 Å². The predicted octanol–water partition coefficient (Wildman–Crippen LogP) is 2.76. The highest BCUT2D eigenvalue weighted by Crippen LogP contribution is 2.21. The van der Waals surface area contributed by atoms with Crippen molar-refractivity contribution in [2.24, 2.45) is 0 Å². The van der Waals surface area contributed by atoms with Gasteiger partial charge in [-0.15, -0.1) is 0 Å². The maximum atomic E-state index is 11.5. The van der Waals surface area contributed by atoms with Gasteiger partial charge in [0.05, 0.1) is 12.5 Å². The Labute approximate surface area is 93.9 Å². The van der Waals surface area contributed by atoms with E-state index in [1.807, 2.05) is 35.0 Å². The zero-order valence-corrected chi connectivity index (χ0v) is 9.10. The first kappa shape index (κ1) is 10.4. The van der Waals surface area contributed by atoms with E-state index in [0.717, 1.165) is 16.5 Å². The van der Waals surface area contributed by atoms with Crippen LogP contribution >= 0.6 is 0 Å². The van der Waals surface area contributed by atoms with Gasteiger partial charge in [-0.2, -0.15) is 5.26 Å². The van der Waals surface area contributed by atoms with E-state index in [4.69, 9.17) is 5.26 Å². The van der Waals surface area contributed by atoms with Crippen molar-refractivity contribution >= 4 is 16.7 Å². The first-order valence-corrected chi connectivity index (χ1v) is 5.20. The summed E-state index contributed by atoms with van der Waals surface area (Å²) in [5.74, 6) is 0.0620. The molecule has 2 rings (SSSR count). The molecule has 2 aromatic rings. The minimum Gasteiger partial charge on any atom is -0.346 e. The second kappa shape index (κ2) is 4.19. The molecule has 1 aromatic carbocycles. The summed E-state index contributed by atoms with van der Waals surface area (Å²) in [5, 5.41) is 9.55. The molecule has 1 heterocycles. The molecule has 0 N–H and O–H groups in total. The minimum atomic E-state index is 0.0620. The summed E-state index contributed by atoms with van der Waals surface area (Å²) in [7, 11) is 0. The molecule has 0 amide bonds. The Morgan fingerprint density at radius 1 is 1.44 bits per heavy atom. The predicted molar refractivity (Wildman–Crippen MR) is 62.2 cm³/mol. The lowest BCUT2D eigenvalue weighted by Gasteiger charge is -2.00. The number of nitriles is 1. The number of carbonyl (C=O) groups excluding carboxylic acids is 1. The fourth-order valence-corrected chi connectivity index (χ4v) is 1.88. The Balaban J connectivity index is 2.58. The first-order valence-electron chi connectivity index (χ1n) is 5.20. The molecule has 0 aliphatic heterocycles. The first-order chi connectivity index (χ1) is 7.74. The third-order valence-corrected chi connectivity index (χ3v) is 2.63. The quantitative estimate of drug-likeness (QED) is 0.734. The summed E-state index contributed by atoms with van der Waals surface area (Å²) < 4.78 is 1.97. The molecule has 0 radical (unpaired) electrons. The van der Waals surface area contributed by atoms with Gasteiger partial charge in [-0.05, 0) is 13.0 Å². The van der Waals surface area contributed by atoms with E-state index in [-0.39, 0.29) is 5.78 Å². The number of hydrogen-bond donors (Lipinski definition) is 0. The van der Waals surface area contributed by atoms with E-state index in [9.17, 15) is 4.79 Å². The fourth-order valence-electron chi connectivity index (χ4n) is 1.88. The highest BCUT2D eigenvalue weighted by atomic mass is 16.1. The summed E-state index contributed by atoms with van der Waals surface area (Å²) in [4.78, 5) is 11.5. The van der Waals surface area contributed by atoms with Crippen molar-refractivity contribution in [3.05, 3.63) is 36.0 Å². The standard InChI is InChI=1S/C13H12N2O/c1-10(16)12-9-15(8-4-7-14)13-6-3-2-5-11(12)13/h2-3,5-6,9H,4,8H2,1H3. The van der Waals surface area contributed by atoms with Gasteiger partial charge in [-0.3, -0.25) is 4.79 Å². The Kier molecular flexibility index (Phi) is 2.74. The van der Waals surface area contributed by atoms with Gasteiger partial charge < -0.3 is 4.57 Å². The van der Waals surface area contributed by atoms with Crippen LogP contribution < -0.4 is 0 Å². The molecule has 0 aliphatic carbocycles. The third kappa shape index (κ3) is 1.70. The largest absolute Gasteiger partial charge is 0.346 e. The van der Waals surface area contributed by atoms with E-state index in [1.165, 1.54) is 0 Å². The number of benzene rings is 1. The molecule has 1 aromatic heterocycles. The second-order valence-electron chi connectivity index (χ2n) is 3.72. The number of fused-ring (bicyclic) bond motifs is 1. The number of rotatable bonds is 3. The Morgan fingerprint density at radius 3 is 2.88 bits per heavy atom. The SMILES string of the molecule is CC(=O)c1cn(CCC#N)c2ccccc12. The summed E-state index contributed by atoms with van der Waals surface area (Å²) >= 11 is 0. The van der Waals surface area contributed by atoms with Gasteiger partial charge in [-0.25, -0.2) is 0 Å². The van der Waals surface area contributed by atoms with Crippen molar-refractivity contribution in [3.63, 3.8) is 0 Å². The topological polar surface area (TPSA) is 45.8 Å². The van der Waals surface area contributed by atoms with E-state index in [0.29, 0.717) is 13.0 Å². The lowest BCUT2D eigenvalue weighted by Crippen LogP contribution is -1.95. The molecule has 0 spiro atoms. The average Bonchev–Trinajstić information content (AvgIpc) is 2.65. The minimum absolute atomic E-state index is 0.0620. The molecule has 3 nitrogen and oxygen atoms in total. The van der Waals surface area contributed by atoms with E-state index in [2.05, 4.69) is 6.07 Å². The van der Waals surface area contributed by atoms with Gasteiger partial charge in [0.1, 0.15) is 0 Å². The van der Waals surface area contributed by atoms with Crippen LogP contribution in [-0.4, -0.2) is 10.4 Å². The summed E-state index contributed by atoms with van der Waals surface area (Å²) in [6, 6.07) is 9.88. The van der Waals surface area contributed by atoms with Crippen LogP contribution in [0.3, 0.4) is 0 Å². The van der Waals surface area contributed by atoms with Crippen molar-refractivity contribution in [2.75, 3.05) is 0 Å². The fraction of sp³-hybridized carbons (Fsp3) is 0.231. The van der Waals surface area contributed by atoms with Gasteiger partial charge >= 0.3 is 0 Å². The normalized spacial score (nSPS) is 10.2. The molecule has 0 saturated carbocycles. The molecule has 3 heteroatoms. The van der Waals surface area contributed by atoms with Crippen molar-refractivity contribution in [3.8, 4) is 6.07 Å². The van der Waals surface area contributed by atoms with Crippen LogP contribution in [0.15, 0.2) is 30.5 Å². The Morgan fingerprint density at radius 2 is 2.19 bits per heavy atom. The van der Waals surface area contributed by atoms with Crippen LogP contribution in [0.2, 0.25) is 0 Å². The molecular weight excluding hydrogens is 200 g/mol. The van der Waals surface area contributed by atoms with Crippen molar-refractivity contribution in [1.29, 1.82) is 5.26 Å². The van der Waals surface area contributed by atoms with E-state index < -0.39 is 0 Å². The zero-order valence-electron chi connectivity index (χ0n) is 9.10. The van der Waals surface area contributed by atoms with Gasteiger partial charge in [-0.1, -0.05) is 18.2 Å². The van der Waals surface area contributed by atoms with Crippen molar-refractivity contribution < 1.29 is 4.79 Å². The molecule has 0 unspecified atom stereocenters. The van der Waals surface area contributed by atoms with Crippen molar-refractivity contribution in [2.45, 2.75) is 19.9 Å². The van der Waals surface area contributed by atoms with E-state index >= 15 is 0 Å². The molecule has 0 aliphatic rings. The van der Waals surface area contributed by atoms with Gasteiger partial charge in [0.2, 0.25) is 0 Å². The third-order valence-electron chi connectivity index (χ3n) is 2.63. The molecule has 80 valence electrons. The maximum absolute atomic E-state index is 11.5. The monoisotopic (exact) mass is 212 g/mol. The molecule has 0 atom stereocenters. The van der Waals surface area contributed by atoms with Crippen LogP contribution in [0, 0.1) is 11.3 Å². The molecular formula is C13H12N2O. The zero-order chi connectivity index (χ0) is 11.5. The highest BCUT2D eigenvalue weighted by Gasteiger charge is 2.10. The maximum Gasteiger partial charge on any atom is 0.161 e. The summed E-state index contributed by atoms with van der Waals surface area (Å²) in [6.45, 7) is 2.20. The van der Waals surface area contributed by atoms with Crippen LogP contribution in [-0.2, 0) is 6.54 Å². The number of hydrogen-bond acceptors (Lipinski definition) is 2. The number of ketones is 1. The van der Waals surface area contributed by atoms with E-state index in [1.54, 1.807) is 6.92 Å². The smallest absolute Gasteiger partial charge is 0.161 e. The van der Waals surface area contributed by atoms with Gasteiger partial charge in [0.15, 0.2) is 5.78 Å². The number of Topliss-reactive ketones (excluding diaryl/α,β-unsaturated/α-hetero) is 1. The molecule has 16 heavy (non-hydrogen) atoms. The average molecular weight is 212 g/mol. The Hall–Kier alpha value is -2.08. The number of aromatic nitrogens is 1. The molecule has 0 saturated heterocycles. The van der Waals surface area contributed by atoms with Crippen LogP contribution in [0.5, 0.6) is 0 Å². The number of nitrogens with zero attached hydrogens (tertiary/aromatic N) is 2. The van der Waals surface area contributed by atoms with Crippen LogP contribution in [0.4, 0.5) is 0 Å². The van der Waals surface area contributed by atoms with Crippen LogP contribution in [0.1, 0.15) is 23.7 Å².